The summed E-state index contributed by atoms with van der Waals surface area (Å²) >= 11 is 0. The van der Waals surface area contributed by atoms with Gasteiger partial charge in [-0.1, -0.05) is 12.1 Å². The van der Waals surface area contributed by atoms with Crippen LogP contribution in [0.5, 0.6) is 0 Å². The third-order valence-corrected chi connectivity index (χ3v) is 2.78. The summed E-state index contributed by atoms with van der Waals surface area (Å²) in [6.07, 6.45) is 3.54. The van der Waals surface area contributed by atoms with Gasteiger partial charge in [0, 0.05) is 6.08 Å². The van der Waals surface area contributed by atoms with Gasteiger partial charge in [0.05, 0.1) is 24.4 Å². The number of nitrogens with one attached hydrogen (secondary N) is 1. The van der Waals surface area contributed by atoms with Crippen LogP contribution in [0, 0.1) is 11.3 Å². The Morgan fingerprint density at radius 2 is 2.29 bits per heavy atom. The molecule has 5 nitrogen and oxygen atoms in total. The summed E-state index contributed by atoms with van der Waals surface area (Å²) in [5.41, 5.74) is 1.29. The predicted octanol–water partition coefficient (Wildman–Crippen LogP) is 2.01. The van der Waals surface area contributed by atoms with Crippen LogP contribution in [0.25, 0.3) is 6.08 Å². The summed E-state index contributed by atoms with van der Waals surface area (Å²) in [6, 6.07) is 12.3. The van der Waals surface area contributed by atoms with Crippen molar-refractivity contribution in [1.82, 2.24) is 5.32 Å². The van der Waals surface area contributed by atoms with E-state index in [2.05, 4.69) is 5.32 Å². The van der Waals surface area contributed by atoms with Crippen LogP contribution in [0.4, 0.5) is 0 Å². The summed E-state index contributed by atoms with van der Waals surface area (Å²) in [5.74, 6) is 0.0731. The van der Waals surface area contributed by atoms with Crippen LogP contribution in [-0.2, 0) is 4.79 Å². The molecule has 2 rings (SSSR count). The van der Waals surface area contributed by atoms with Gasteiger partial charge in [0.15, 0.2) is 0 Å². The van der Waals surface area contributed by atoms with Gasteiger partial charge in [-0.15, -0.1) is 0 Å². The predicted molar refractivity (Wildman–Crippen MR) is 76.9 cm³/mol. The van der Waals surface area contributed by atoms with Crippen molar-refractivity contribution in [3.8, 4) is 6.07 Å². The van der Waals surface area contributed by atoms with Crippen molar-refractivity contribution in [1.29, 1.82) is 5.26 Å². The molecule has 0 saturated carbocycles. The Kier molecular flexibility index (Phi) is 4.91. The maximum Gasteiger partial charge on any atom is 0.244 e. The largest absolute Gasteiger partial charge is 0.467 e. The molecule has 1 heterocycles. The first-order valence-electron chi connectivity index (χ1n) is 6.36. The maximum atomic E-state index is 11.6. The quantitative estimate of drug-likeness (QED) is 0.821. The lowest BCUT2D eigenvalue weighted by Gasteiger charge is -2.07. The molecule has 0 bridgehead atoms. The first-order chi connectivity index (χ1) is 10.2. The Morgan fingerprint density at radius 1 is 1.43 bits per heavy atom. The highest BCUT2D eigenvalue weighted by Gasteiger charge is 2.10. The van der Waals surface area contributed by atoms with Crippen molar-refractivity contribution in [2.45, 2.75) is 6.10 Å². The second-order valence-electron chi connectivity index (χ2n) is 4.35. The van der Waals surface area contributed by atoms with Gasteiger partial charge >= 0.3 is 0 Å². The fourth-order valence-corrected chi connectivity index (χ4v) is 1.72. The van der Waals surface area contributed by atoms with E-state index in [-0.39, 0.29) is 12.5 Å². The second kappa shape index (κ2) is 7.08. The van der Waals surface area contributed by atoms with Crippen molar-refractivity contribution < 1.29 is 14.3 Å². The topological polar surface area (TPSA) is 86.3 Å². The molecule has 5 heteroatoms. The number of nitriles is 1. The number of carbonyl (C=O) groups excluding carboxylic acids is 1. The van der Waals surface area contributed by atoms with Gasteiger partial charge in [0.25, 0.3) is 0 Å². The minimum atomic E-state index is -0.876. The smallest absolute Gasteiger partial charge is 0.244 e. The lowest BCUT2D eigenvalue weighted by Crippen LogP contribution is -2.26. The monoisotopic (exact) mass is 282 g/mol. The highest BCUT2D eigenvalue weighted by molar-refractivity contribution is 5.91. The molecule has 1 aromatic carbocycles. The van der Waals surface area contributed by atoms with E-state index in [0.717, 1.165) is 5.56 Å². The van der Waals surface area contributed by atoms with Crippen molar-refractivity contribution in [3.63, 3.8) is 0 Å². The third-order valence-electron chi connectivity index (χ3n) is 2.78. The summed E-state index contributed by atoms with van der Waals surface area (Å²) in [4.78, 5) is 11.6. The van der Waals surface area contributed by atoms with Gasteiger partial charge in [0.1, 0.15) is 11.9 Å². The lowest BCUT2D eigenvalue weighted by molar-refractivity contribution is -0.116. The highest BCUT2D eigenvalue weighted by atomic mass is 16.4. The number of rotatable bonds is 5. The summed E-state index contributed by atoms with van der Waals surface area (Å²) in [7, 11) is 0. The maximum absolute atomic E-state index is 11.6. The van der Waals surface area contributed by atoms with Gasteiger partial charge in [-0.3, -0.25) is 4.79 Å². The Hall–Kier alpha value is -2.84. The van der Waals surface area contributed by atoms with E-state index >= 15 is 0 Å². The number of nitrogens with zero attached hydrogens (tertiary/aromatic N) is 1. The standard InChI is InChI=1S/C16H14N2O3/c17-10-13-4-1-3-12(9-13)6-7-16(20)18-11-14(19)15-5-2-8-21-15/h1-9,14,19H,11H2,(H,18,20)/b7-6+. The molecule has 2 N–H and O–H groups in total. The van der Waals surface area contributed by atoms with Gasteiger partial charge in [0.2, 0.25) is 5.91 Å². The van der Waals surface area contributed by atoms with Gasteiger partial charge in [-0.05, 0) is 35.9 Å². The molecule has 0 aliphatic carbocycles. The van der Waals surface area contributed by atoms with Crippen LogP contribution in [0.15, 0.2) is 53.2 Å². The zero-order chi connectivity index (χ0) is 15.1. The fraction of sp³-hybridized carbons (Fsp3) is 0.125. The fourth-order valence-electron chi connectivity index (χ4n) is 1.72. The van der Waals surface area contributed by atoms with Crippen LogP contribution in [0.1, 0.15) is 23.0 Å². The van der Waals surface area contributed by atoms with E-state index in [9.17, 15) is 9.90 Å². The molecule has 106 valence electrons. The number of hydrogen-bond acceptors (Lipinski definition) is 4. The van der Waals surface area contributed by atoms with Crippen molar-refractivity contribution in [2.24, 2.45) is 0 Å². The molecular weight excluding hydrogens is 268 g/mol. The molecule has 1 aromatic heterocycles. The van der Waals surface area contributed by atoms with Crippen LogP contribution in [-0.4, -0.2) is 17.6 Å². The van der Waals surface area contributed by atoms with E-state index in [4.69, 9.17) is 9.68 Å². The number of amides is 1. The number of furan rings is 1. The molecule has 0 aliphatic heterocycles. The Morgan fingerprint density at radius 3 is 3.00 bits per heavy atom. The van der Waals surface area contributed by atoms with Crippen molar-refractivity contribution >= 4 is 12.0 Å². The zero-order valence-electron chi connectivity index (χ0n) is 11.2. The van der Waals surface area contributed by atoms with Gasteiger partial charge in [-0.25, -0.2) is 0 Å². The van der Waals surface area contributed by atoms with E-state index in [1.165, 1.54) is 12.3 Å². The molecule has 0 radical (unpaired) electrons. The van der Waals surface area contributed by atoms with E-state index in [1.807, 2.05) is 6.07 Å². The Balaban J connectivity index is 1.86. The minimum absolute atomic E-state index is 0.0644. The molecule has 1 amide bonds. The number of aliphatic hydroxyl groups excluding tert-OH is 1. The highest BCUT2D eigenvalue weighted by Crippen LogP contribution is 2.11. The van der Waals surface area contributed by atoms with Crippen molar-refractivity contribution in [2.75, 3.05) is 6.54 Å². The van der Waals surface area contributed by atoms with E-state index < -0.39 is 6.10 Å². The van der Waals surface area contributed by atoms with Crippen LogP contribution >= 0.6 is 0 Å². The molecule has 0 fully saturated rings. The molecule has 1 unspecified atom stereocenters. The van der Waals surface area contributed by atoms with Crippen LogP contribution < -0.4 is 5.32 Å². The zero-order valence-corrected chi connectivity index (χ0v) is 11.2. The van der Waals surface area contributed by atoms with Crippen LogP contribution in [0.2, 0.25) is 0 Å². The van der Waals surface area contributed by atoms with Crippen LogP contribution in [0.3, 0.4) is 0 Å². The molecular formula is C16H14N2O3. The first-order valence-corrected chi connectivity index (χ1v) is 6.36. The number of benzene rings is 1. The SMILES string of the molecule is N#Cc1cccc(/C=C/C(=O)NCC(O)c2ccco2)c1. The molecule has 0 saturated heterocycles. The van der Waals surface area contributed by atoms with Crippen molar-refractivity contribution in [3.05, 3.63) is 65.6 Å². The lowest BCUT2D eigenvalue weighted by atomic mass is 10.1. The Labute approximate surface area is 122 Å². The molecule has 0 spiro atoms. The Bertz CT molecular complexity index is 669. The third kappa shape index (κ3) is 4.34. The second-order valence-corrected chi connectivity index (χ2v) is 4.35. The van der Waals surface area contributed by atoms with Gasteiger partial charge in [-0.2, -0.15) is 5.26 Å². The van der Waals surface area contributed by atoms with Gasteiger partial charge < -0.3 is 14.8 Å². The number of aliphatic hydroxyl groups is 1. The summed E-state index contributed by atoms with van der Waals surface area (Å²) < 4.78 is 5.03. The summed E-state index contributed by atoms with van der Waals surface area (Å²) in [6.45, 7) is 0.0644. The minimum Gasteiger partial charge on any atom is -0.467 e. The summed E-state index contributed by atoms with van der Waals surface area (Å²) in [5, 5.41) is 21.1. The molecule has 0 aliphatic rings. The van der Waals surface area contributed by atoms with E-state index in [0.29, 0.717) is 11.3 Å². The molecule has 21 heavy (non-hydrogen) atoms. The first kappa shape index (κ1) is 14.6. The normalized spacial score (nSPS) is 12.0. The average molecular weight is 282 g/mol. The molecule has 2 aromatic rings. The average Bonchev–Trinajstić information content (AvgIpc) is 3.05. The number of hydrogen-bond donors (Lipinski definition) is 2. The van der Waals surface area contributed by atoms with E-state index in [1.54, 1.807) is 42.5 Å². The molecule has 1 atom stereocenters. The number of carbonyl (C=O) groups is 1.